The van der Waals surface area contributed by atoms with Gasteiger partial charge in [0.05, 0.1) is 0 Å². The highest BCUT2D eigenvalue weighted by Gasteiger charge is 2.09. The van der Waals surface area contributed by atoms with Crippen LogP contribution in [0.4, 0.5) is 0 Å². The Morgan fingerprint density at radius 1 is 1.64 bits per heavy atom. The van der Waals surface area contributed by atoms with Crippen molar-refractivity contribution in [2.45, 2.75) is 27.2 Å². The number of amidine groups is 1. The SMILES string of the molecule is C=C1N=CN=C(C)N1/C=C\C(C)CC. The van der Waals surface area contributed by atoms with Gasteiger partial charge in [0.2, 0.25) is 0 Å². The lowest BCUT2D eigenvalue weighted by Crippen LogP contribution is -2.23. The fourth-order valence-electron chi connectivity index (χ4n) is 1.05. The molecule has 76 valence electrons. The van der Waals surface area contributed by atoms with Crippen molar-refractivity contribution in [2.24, 2.45) is 15.9 Å². The second-order valence-corrected chi connectivity index (χ2v) is 3.43. The van der Waals surface area contributed by atoms with Crippen LogP contribution < -0.4 is 0 Å². The maximum Gasteiger partial charge on any atom is 0.132 e. The van der Waals surface area contributed by atoms with Gasteiger partial charge in [-0.2, -0.15) is 0 Å². The van der Waals surface area contributed by atoms with Crippen LogP contribution in [0.2, 0.25) is 0 Å². The van der Waals surface area contributed by atoms with Gasteiger partial charge >= 0.3 is 0 Å². The quantitative estimate of drug-likeness (QED) is 0.674. The molecule has 1 atom stereocenters. The Bertz CT molecular complexity index is 300. The smallest absolute Gasteiger partial charge is 0.132 e. The molecule has 0 aromatic heterocycles. The Hall–Kier alpha value is -1.38. The van der Waals surface area contributed by atoms with E-state index in [2.05, 4.69) is 36.5 Å². The maximum atomic E-state index is 4.10. The molecule has 0 aromatic rings. The van der Waals surface area contributed by atoms with E-state index in [-0.39, 0.29) is 0 Å². The van der Waals surface area contributed by atoms with Crippen LogP contribution in [0.25, 0.3) is 0 Å². The van der Waals surface area contributed by atoms with Crippen molar-refractivity contribution in [3.63, 3.8) is 0 Å². The van der Waals surface area contributed by atoms with Crippen LogP contribution in [0.3, 0.4) is 0 Å². The molecule has 0 aliphatic carbocycles. The van der Waals surface area contributed by atoms with Crippen LogP contribution >= 0.6 is 0 Å². The Morgan fingerprint density at radius 3 is 2.93 bits per heavy atom. The first-order valence-electron chi connectivity index (χ1n) is 4.88. The molecule has 1 aliphatic heterocycles. The van der Waals surface area contributed by atoms with E-state index in [0.29, 0.717) is 5.92 Å². The lowest BCUT2D eigenvalue weighted by Gasteiger charge is -2.21. The Labute approximate surface area is 85.6 Å². The van der Waals surface area contributed by atoms with Crippen molar-refractivity contribution in [3.8, 4) is 0 Å². The van der Waals surface area contributed by atoms with Crippen molar-refractivity contribution in [2.75, 3.05) is 0 Å². The molecule has 0 aromatic carbocycles. The topological polar surface area (TPSA) is 28.0 Å². The summed E-state index contributed by atoms with van der Waals surface area (Å²) in [5.41, 5.74) is 0. The normalized spacial score (nSPS) is 18.9. The summed E-state index contributed by atoms with van der Waals surface area (Å²) in [6, 6.07) is 0. The average molecular weight is 191 g/mol. The number of aliphatic imine (C=N–C) groups is 2. The van der Waals surface area contributed by atoms with Gasteiger partial charge in [-0.3, -0.25) is 4.90 Å². The number of hydrogen-bond acceptors (Lipinski definition) is 3. The summed E-state index contributed by atoms with van der Waals surface area (Å²) < 4.78 is 0. The summed E-state index contributed by atoms with van der Waals surface area (Å²) >= 11 is 0. The van der Waals surface area contributed by atoms with Gasteiger partial charge in [-0.1, -0.05) is 32.9 Å². The summed E-state index contributed by atoms with van der Waals surface area (Å²) in [4.78, 5) is 10.0. The summed E-state index contributed by atoms with van der Waals surface area (Å²) in [5, 5.41) is 0. The first-order valence-corrected chi connectivity index (χ1v) is 4.88. The zero-order valence-corrected chi connectivity index (χ0v) is 9.07. The van der Waals surface area contributed by atoms with E-state index in [1.165, 1.54) is 6.34 Å². The van der Waals surface area contributed by atoms with Gasteiger partial charge in [-0.25, -0.2) is 9.98 Å². The Balaban J connectivity index is 2.69. The maximum absolute atomic E-state index is 4.10. The average Bonchev–Trinajstić information content (AvgIpc) is 2.16. The Morgan fingerprint density at radius 2 is 2.36 bits per heavy atom. The predicted molar refractivity (Wildman–Crippen MR) is 61.2 cm³/mol. The molecule has 1 aliphatic rings. The number of allylic oxidation sites excluding steroid dienone is 1. The fraction of sp³-hybridized carbons (Fsp3) is 0.455. The standard InChI is InChI=1S/C11H17N3/c1-5-9(2)6-7-14-10(3)12-8-13-11(14)4/h6-9H,3,5H2,1-2,4H3/b7-6-. The fourth-order valence-corrected chi connectivity index (χ4v) is 1.05. The van der Waals surface area contributed by atoms with Gasteiger partial charge in [-0.15, -0.1) is 0 Å². The van der Waals surface area contributed by atoms with E-state index in [4.69, 9.17) is 0 Å². The second kappa shape index (κ2) is 4.74. The molecular weight excluding hydrogens is 174 g/mol. The van der Waals surface area contributed by atoms with Crippen LogP contribution in [0, 0.1) is 5.92 Å². The molecule has 0 saturated heterocycles. The minimum atomic E-state index is 0.571. The van der Waals surface area contributed by atoms with Crippen LogP contribution in [0.15, 0.2) is 34.7 Å². The van der Waals surface area contributed by atoms with E-state index >= 15 is 0 Å². The highest BCUT2D eigenvalue weighted by atomic mass is 15.3. The van der Waals surface area contributed by atoms with E-state index < -0.39 is 0 Å². The minimum absolute atomic E-state index is 0.571. The van der Waals surface area contributed by atoms with Crippen LogP contribution in [0.1, 0.15) is 27.2 Å². The molecule has 1 rings (SSSR count). The van der Waals surface area contributed by atoms with Crippen molar-refractivity contribution in [1.29, 1.82) is 0 Å². The molecule has 0 spiro atoms. The van der Waals surface area contributed by atoms with E-state index in [1.807, 2.05) is 18.0 Å². The molecule has 0 radical (unpaired) electrons. The summed E-state index contributed by atoms with van der Waals surface area (Å²) in [6.45, 7) is 10.1. The van der Waals surface area contributed by atoms with Gasteiger partial charge in [0, 0.05) is 6.20 Å². The van der Waals surface area contributed by atoms with Gasteiger partial charge in [0.1, 0.15) is 18.0 Å². The van der Waals surface area contributed by atoms with Crippen molar-refractivity contribution in [1.82, 2.24) is 4.90 Å². The first-order chi connectivity index (χ1) is 6.65. The molecular formula is C11H17N3. The van der Waals surface area contributed by atoms with Gasteiger partial charge in [0.25, 0.3) is 0 Å². The molecule has 3 nitrogen and oxygen atoms in total. The third-order valence-electron chi connectivity index (χ3n) is 2.29. The molecule has 0 saturated carbocycles. The van der Waals surface area contributed by atoms with E-state index in [9.17, 15) is 0 Å². The highest BCUT2D eigenvalue weighted by molar-refractivity contribution is 5.91. The van der Waals surface area contributed by atoms with E-state index in [1.54, 1.807) is 0 Å². The van der Waals surface area contributed by atoms with Gasteiger partial charge < -0.3 is 0 Å². The van der Waals surface area contributed by atoms with Crippen molar-refractivity contribution < 1.29 is 0 Å². The monoisotopic (exact) mass is 191 g/mol. The molecule has 14 heavy (non-hydrogen) atoms. The molecule has 1 unspecified atom stereocenters. The molecule has 1 heterocycles. The highest BCUT2D eigenvalue weighted by Crippen LogP contribution is 2.11. The number of hydrogen-bond donors (Lipinski definition) is 0. The first kappa shape index (κ1) is 10.7. The van der Waals surface area contributed by atoms with Gasteiger partial charge in [-0.05, 0) is 12.8 Å². The van der Waals surface area contributed by atoms with Gasteiger partial charge in [0.15, 0.2) is 0 Å². The van der Waals surface area contributed by atoms with Crippen molar-refractivity contribution in [3.05, 3.63) is 24.7 Å². The molecule has 0 fully saturated rings. The Kier molecular flexibility index (Phi) is 3.63. The lowest BCUT2D eigenvalue weighted by atomic mass is 10.1. The summed E-state index contributed by atoms with van der Waals surface area (Å²) in [5.74, 6) is 2.20. The lowest BCUT2D eigenvalue weighted by molar-refractivity contribution is 0.638. The molecule has 0 amide bonds. The predicted octanol–water partition coefficient (Wildman–Crippen LogP) is 2.78. The summed E-state index contributed by atoms with van der Waals surface area (Å²) in [7, 11) is 0. The zero-order valence-electron chi connectivity index (χ0n) is 9.07. The zero-order chi connectivity index (χ0) is 10.6. The number of nitrogens with zero attached hydrogens (tertiary/aromatic N) is 3. The van der Waals surface area contributed by atoms with Crippen LogP contribution in [-0.2, 0) is 0 Å². The van der Waals surface area contributed by atoms with Crippen molar-refractivity contribution >= 4 is 12.2 Å². The van der Waals surface area contributed by atoms with Crippen LogP contribution in [-0.4, -0.2) is 17.1 Å². The van der Waals surface area contributed by atoms with E-state index in [0.717, 1.165) is 18.1 Å². The summed E-state index contributed by atoms with van der Waals surface area (Å²) in [6.07, 6.45) is 6.80. The third-order valence-corrected chi connectivity index (χ3v) is 2.29. The molecule has 3 heteroatoms. The second-order valence-electron chi connectivity index (χ2n) is 3.43. The minimum Gasteiger partial charge on any atom is -0.290 e. The molecule has 0 bridgehead atoms. The molecule has 0 N–H and O–H groups in total. The third kappa shape index (κ3) is 2.55. The van der Waals surface area contributed by atoms with Crippen LogP contribution in [0.5, 0.6) is 0 Å². The number of rotatable bonds is 3. The largest absolute Gasteiger partial charge is 0.290 e.